The quantitative estimate of drug-likeness (QED) is 0.679. The highest BCUT2D eigenvalue weighted by atomic mass is 16.5. The molecule has 0 saturated heterocycles. The van der Waals surface area contributed by atoms with Crippen molar-refractivity contribution < 1.29 is 14.3 Å². The molecular weight excluding hydrogens is 342 g/mol. The van der Waals surface area contributed by atoms with Crippen molar-refractivity contribution >= 4 is 23.0 Å². The van der Waals surface area contributed by atoms with E-state index in [1.54, 1.807) is 44.7 Å². The maximum absolute atomic E-state index is 12.5. The van der Waals surface area contributed by atoms with Crippen molar-refractivity contribution in [2.45, 2.75) is 6.92 Å². The van der Waals surface area contributed by atoms with Crippen LogP contribution in [0.2, 0.25) is 0 Å². The monoisotopic (exact) mass is 363 g/mol. The first-order valence-corrected chi connectivity index (χ1v) is 8.42. The number of ether oxygens (including phenoxy) is 2. The molecule has 3 rings (SSSR count). The van der Waals surface area contributed by atoms with Crippen LogP contribution < -0.4 is 20.1 Å². The molecule has 0 aliphatic carbocycles. The van der Waals surface area contributed by atoms with Crippen LogP contribution in [0.5, 0.6) is 11.5 Å². The fourth-order valence-corrected chi connectivity index (χ4v) is 2.60. The fraction of sp³-hybridized carbons (Fsp3) is 0.143. The van der Waals surface area contributed by atoms with Crippen molar-refractivity contribution in [2.75, 3.05) is 24.9 Å². The van der Waals surface area contributed by atoms with Crippen molar-refractivity contribution in [3.05, 3.63) is 72.1 Å². The number of nitrogens with one attached hydrogen (secondary N) is 2. The molecule has 2 aromatic carbocycles. The summed E-state index contributed by atoms with van der Waals surface area (Å²) in [6, 6.07) is 16.5. The Morgan fingerprint density at radius 3 is 2.59 bits per heavy atom. The molecule has 2 N–H and O–H groups in total. The molecule has 6 heteroatoms. The van der Waals surface area contributed by atoms with Crippen LogP contribution in [0, 0.1) is 6.92 Å². The molecule has 1 aromatic heterocycles. The van der Waals surface area contributed by atoms with E-state index in [0.717, 1.165) is 22.7 Å². The summed E-state index contributed by atoms with van der Waals surface area (Å²) in [7, 11) is 3.20. The molecule has 3 aromatic rings. The highest BCUT2D eigenvalue weighted by Crippen LogP contribution is 2.28. The molecule has 0 atom stereocenters. The van der Waals surface area contributed by atoms with Gasteiger partial charge in [-0.1, -0.05) is 12.1 Å². The van der Waals surface area contributed by atoms with Crippen molar-refractivity contribution in [1.82, 2.24) is 4.98 Å². The first-order chi connectivity index (χ1) is 13.1. The molecule has 0 bridgehead atoms. The first kappa shape index (κ1) is 18.3. The van der Waals surface area contributed by atoms with Crippen LogP contribution in [0.25, 0.3) is 0 Å². The van der Waals surface area contributed by atoms with Gasteiger partial charge in [-0.05, 0) is 48.9 Å². The van der Waals surface area contributed by atoms with Gasteiger partial charge in [-0.3, -0.25) is 9.78 Å². The van der Waals surface area contributed by atoms with Gasteiger partial charge in [0.1, 0.15) is 17.2 Å². The Hall–Kier alpha value is -3.54. The lowest BCUT2D eigenvalue weighted by atomic mass is 10.2. The Bertz CT molecular complexity index is 957. The predicted octanol–water partition coefficient (Wildman–Crippen LogP) is 4.40. The van der Waals surface area contributed by atoms with Crippen molar-refractivity contribution in [3.8, 4) is 11.5 Å². The number of carbonyl (C=O) groups excluding carboxylic acids is 1. The predicted molar refractivity (Wildman–Crippen MR) is 106 cm³/mol. The molecule has 27 heavy (non-hydrogen) atoms. The molecule has 0 aliphatic heterocycles. The second-order valence-electron chi connectivity index (χ2n) is 5.94. The molecule has 0 unspecified atom stereocenters. The zero-order valence-electron chi connectivity index (χ0n) is 15.4. The summed E-state index contributed by atoms with van der Waals surface area (Å²) in [5.41, 5.74) is 3.60. The van der Waals surface area contributed by atoms with Crippen LogP contribution in [0.4, 0.5) is 17.1 Å². The first-order valence-electron chi connectivity index (χ1n) is 8.42. The van der Waals surface area contributed by atoms with Gasteiger partial charge in [-0.2, -0.15) is 0 Å². The van der Waals surface area contributed by atoms with Gasteiger partial charge in [0, 0.05) is 23.6 Å². The minimum Gasteiger partial charge on any atom is -0.497 e. The van der Waals surface area contributed by atoms with Gasteiger partial charge in [0.2, 0.25) is 0 Å². The van der Waals surface area contributed by atoms with Gasteiger partial charge in [0.15, 0.2) is 0 Å². The summed E-state index contributed by atoms with van der Waals surface area (Å²) in [6.45, 7) is 2.00. The topological polar surface area (TPSA) is 72.5 Å². The van der Waals surface area contributed by atoms with Crippen LogP contribution in [-0.4, -0.2) is 25.1 Å². The molecule has 138 valence electrons. The van der Waals surface area contributed by atoms with Gasteiger partial charge < -0.3 is 20.1 Å². The molecule has 1 heterocycles. The molecule has 0 fully saturated rings. The smallest absolute Gasteiger partial charge is 0.274 e. The van der Waals surface area contributed by atoms with Gasteiger partial charge >= 0.3 is 0 Å². The number of aromatic nitrogens is 1. The Morgan fingerprint density at radius 1 is 0.963 bits per heavy atom. The second-order valence-corrected chi connectivity index (χ2v) is 5.94. The third-order valence-electron chi connectivity index (χ3n) is 3.95. The van der Waals surface area contributed by atoms with E-state index >= 15 is 0 Å². The standard InChI is InChI=1S/C21H21N3O3/c1-14-7-8-20(27-3)18(11-14)23-16-9-10-22-19(13-16)21(25)24-15-5-4-6-17(12-15)26-2/h4-13H,1-3H3,(H,22,23)(H,24,25). The maximum Gasteiger partial charge on any atom is 0.274 e. The van der Waals surface area contributed by atoms with E-state index in [0.29, 0.717) is 17.1 Å². The molecular formula is C21H21N3O3. The third-order valence-corrected chi connectivity index (χ3v) is 3.95. The summed E-state index contributed by atoms with van der Waals surface area (Å²) in [6.07, 6.45) is 1.59. The van der Waals surface area contributed by atoms with E-state index in [-0.39, 0.29) is 5.91 Å². The van der Waals surface area contributed by atoms with Crippen LogP contribution >= 0.6 is 0 Å². The number of pyridine rings is 1. The van der Waals surface area contributed by atoms with Gasteiger partial charge in [0.05, 0.1) is 19.9 Å². The van der Waals surface area contributed by atoms with E-state index in [1.807, 2.05) is 37.3 Å². The summed E-state index contributed by atoms with van der Waals surface area (Å²) in [4.78, 5) is 16.7. The minimum atomic E-state index is -0.303. The van der Waals surface area contributed by atoms with E-state index < -0.39 is 0 Å². The molecule has 1 amide bonds. The number of benzene rings is 2. The summed E-state index contributed by atoms with van der Waals surface area (Å²) < 4.78 is 10.6. The normalized spacial score (nSPS) is 10.2. The average molecular weight is 363 g/mol. The second kappa shape index (κ2) is 8.23. The van der Waals surface area contributed by atoms with E-state index in [1.165, 1.54) is 0 Å². The van der Waals surface area contributed by atoms with Crippen LogP contribution in [-0.2, 0) is 0 Å². The number of nitrogens with zero attached hydrogens (tertiary/aromatic N) is 1. The van der Waals surface area contributed by atoms with Crippen molar-refractivity contribution in [3.63, 3.8) is 0 Å². The Morgan fingerprint density at radius 2 is 1.81 bits per heavy atom. The fourth-order valence-electron chi connectivity index (χ4n) is 2.60. The number of methoxy groups -OCH3 is 2. The number of hydrogen-bond donors (Lipinski definition) is 2. The highest BCUT2D eigenvalue weighted by molar-refractivity contribution is 6.03. The molecule has 6 nitrogen and oxygen atoms in total. The zero-order valence-corrected chi connectivity index (χ0v) is 15.4. The summed E-state index contributed by atoms with van der Waals surface area (Å²) >= 11 is 0. The molecule has 0 aliphatic rings. The van der Waals surface area contributed by atoms with Crippen molar-refractivity contribution in [2.24, 2.45) is 0 Å². The Labute approximate surface area is 158 Å². The number of rotatable bonds is 6. The number of amides is 1. The number of aryl methyl sites for hydroxylation is 1. The van der Waals surface area contributed by atoms with Crippen LogP contribution in [0.1, 0.15) is 16.1 Å². The SMILES string of the molecule is COc1cccc(NC(=O)c2cc(Nc3cc(C)ccc3OC)ccn2)c1. The lowest BCUT2D eigenvalue weighted by molar-refractivity contribution is 0.102. The third kappa shape index (κ3) is 4.55. The maximum atomic E-state index is 12.5. The summed E-state index contributed by atoms with van der Waals surface area (Å²) in [5.74, 6) is 1.09. The average Bonchev–Trinajstić information content (AvgIpc) is 2.68. The largest absolute Gasteiger partial charge is 0.497 e. The van der Waals surface area contributed by atoms with Crippen LogP contribution in [0.15, 0.2) is 60.8 Å². The minimum absolute atomic E-state index is 0.300. The van der Waals surface area contributed by atoms with E-state index in [2.05, 4.69) is 15.6 Å². The Kier molecular flexibility index (Phi) is 5.56. The molecule has 0 radical (unpaired) electrons. The molecule has 0 saturated carbocycles. The lowest BCUT2D eigenvalue weighted by Gasteiger charge is -2.13. The summed E-state index contributed by atoms with van der Waals surface area (Å²) in [5, 5.41) is 6.10. The number of carbonyl (C=O) groups is 1. The van der Waals surface area contributed by atoms with Gasteiger partial charge in [-0.15, -0.1) is 0 Å². The van der Waals surface area contributed by atoms with E-state index in [9.17, 15) is 4.79 Å². The van der Waals surface area contributed by atoms with Crippen molar-refractivity contribution in [1.29, 1.82) is 0 Å². The van der Waals surface area contributed by atoms with E-state index in [4.69, 9.17) is 9.47 Å². The molecule has 0 spiro atoms. The number of anilines is 3. The number of hydrogen-bond acceptors (Lipinski definition) is 5. The van der Waals surface area contributed by atoms with Crippen LogP contribution in [0.3, 0.4) is 0 Å². The highest BCUT2D eigenvalue weighted by Gasteiger charge is 2.10. The van der Waals surface area contributed by atoms with Gasteiger partial charge in [0.25, 0.3) is 5.91 Å². The lowest BCUT2D eigenvalue weighted by Crippen LogP contribution is -2.13. The Balaban J connectivity index is 1.79. The van der Waals surface area contributed by atoms with Gasteiger partial charge in [-0.25, -0.2) is 0 Å². The zero-order chi connectivity index (χ0) is 19.2.